The van der Waals surface area contributed by atoms with E-state index >= 15 is 0 Å². The summed E-state index contributed by atoms with van der Waals surface area (Å²) in [7, 11) is 0. The Morgan fingerprint density at radius 2 is 1.94 bits per heavy atom. The Morgan fingerprint density at radius 3 is 2.84 bits per heavy atom. The van der Waals surface area contributed by atoms with Crippen molar-refractivity contribution in [1.29, 1.82) is 0 Å². The van der Waals surface area contributed by atoms with Gasteiger partial charge in [0.1, 0.15) is 0 Å². The second kappa shape index (κ2) is 9.55. The molecule has 0 spiro atoms. The van der Waals surface area contributed by atoms with Crippen LogP contribution in [-0.4, -0.2) is 46.7 Å². The van der Waals surface area contributed by atoms with Gasteiger partial charge in [0.15, 0.2) is 0 Å². The minimum atomic E-state index is 0.408. The van der Waals surface area contributed by atoms with Gasteiger partial charge >= 0.3 is 0 Å². The van der Waals surface area contributed by atoms with Crippen LogP contribution in [0.2, 0.25) is 5.02 Å². The number of nitrogens with one attached hydrogen (secondary N) is 4. The molecule has 1 saturated carbocycles. The average Bonchev–Trinajstić information content (AvgIpc) is 3.24. The molecule has 4 N–H and O–H groups in total. The zero-order valence-corrected chi connectivity index (χ0v) is 18.6. The van der Waals surface area contributed by atoms with Crippen LogP contribution in [0.5, 0.6) is 0 Å². The van der Waals surface area contributed by atoms with Crippen molar-refractivity contribution in [2.24, 2.45) is 5.92 Å². The average molecular weight is 439 g/mol. The Bertz CT molecular complexity index is 1010. The van der Waals surface area contributed by atoms with E-state index in [9.17, 15) is 0 Å². The summed E-state index contributed by atoms with van der Waals surface area (Å²) >= 11 is 6.49. The first-order valence-electron chi connectivity index (χ1n) is 11.6. The molecule has 5 rings (SSSR count). The Hall–Kier alpha value is -2.15. The van der Waals surface area contributed by atoms with Crippen LogP contribution < -0.4 is 16.0 Å². The lowest BCUT2D eigenvalue weighted by Crippen LogP contribution is -2.43. The molecule has 164 valence electrons. The zero-order valence-electron chi connectivity index (χ0n) is 17.8. The van der Waals surface area contributed by atoms with E-state index < -0.39 is 0 Å². The van der Waals surface area contributed by atoms with Crippen molar-refractivity contribution in [3.8, 4) is 11.3 Å². The Labute approximate surface area is 188 Å². The van der Waals surface area contributed by atoms with Gasteiger partial charge in [-0.05, 0) is 63.7 Å². The number of benzene rings is 1. The Kier molecular flexibility index (Phi) is 6.39. The number of piperidine rings is 1. The highest BCUT2D eigenvalue weighted by molar-refractivity contribution is 6.33. The molecule has 3 aromatic rings. The lowest BCUT2D eigenvalue weighted by molar-refractivity contribution is 0.292. The van der Waals surface area contributed by atoms with Crippen LogP contribution in [0.3, 0.4) is 0 Å². The second-order valence-corrected chi connectivity index (χ2v) is 9.35. The summed E-state index contributed by atoms with van der Waals surface area (Å²) in [6, 6.07) is 9.30. The molecule has 2 aliphatic rings. The molecule has 0 bridgehead atoms. The standard InChI is InChI=1S/C24H31ClN6/c25-21-15-29-24(31-23(21)20-14-28-22-7-2-1-6-19(20)22)30-18-5-3-4-16(12-18)13-27-17-8-10-26-11-9-17/h1-2,6-7,14-18,26-28H,3-5,8-13H2,(H,29,30,31)/t16-,18+/m0/s1. The van der Waals surface area contributed by atoms with E-state index in [1.54, 1.807) is 6.20 Å². The van der Waals surface area contributed by atoms with E-state index in [2.05, 4.69) is 38.1 Å². The number of nitrogens with zero attached hydrogens (tertiary/aromatic N) is 2. The fourth-order valence-corrected chi connectivity index (χ4v) is 5.24. The van der Waals surface area contributed by atoms with Crippen LogP contribution in [0.25, 0.3) is 22.2 Å². The van der Waals surface area contributed by atoms with Gasteiger partial charge < -0.3 is 20.9 Å². The molecule has 1 aromatic carbocycles. The number of aromatic nitrogens is 3. The van der Waals surface area contributed by atoms with Crippen molar-refractivity contribution in [3.05, 3.63) is 41.7 Å². The largest absolute Gasteiger partial charge is 0.360 e. The number of hydrogen-bond acceptors (Lipinski definition) is 5. The number of hydrogen-bond donors (Lipinski definition) is 4. The van der Waals surface area contributed by atoms with Gasteiger partial charge in [-0.3, -0.25) is 0 Å². The molecule has 6 nitrogen and oxygen atoms in total. The highest BCUT2D eigenvalue weighted by Crippen LogP contribution is 2.33. The minimum absolute atomic E-state index is 0.408. The van der Waals surface area contributed by atoms with Gasteiger partial charge in [-0.15, -0.1) is 0 Å². The van der Waals surface area contributed by atoms with Crippen molar-refractivity contribution >= 4 is 28.5 Å². The van der Waals surface area contributed by atoms with Crippen molar-refractivity contribution in [2.75, 3.05) is 25.0 Å². The van der Waals surface area contributed by atoms with Gasteiger partial charge in [0, 0.05) is 34.7 Å². The van der Waals surface area contributed by atoms with Crippen molar-refractivity contribution in [1.82, 2.24) is 25.6 Å². The molecule has 1 aliphatic carbocycles. The third-order valence-electron chi connectivity index (χ3n) is 6.74. The predicted octanol–water partition coefficient (Wildman–Crippen LogP) is 4.59. The Morgan fingerprint density at radius 1 is 1.06 bits per heavy atom. The van der Waals surface area contributed by atoms with Crippen LogP contribution in [0.4, 0.5) is 5.95 Å². The molecule has 0 unspecified atom stereocenters. The molecule has 7 heteroatoms. The lowest BCUT2D eigenvalue weighted by Gasteiger charge is -2.32. The van der Waals surface area contributed by atoms with Crippen LogP contribution in [0, 0.1) is 5.92 Å². The fraction of sp³-hybridized carbons (Fsp3) is 0.500. The number of halogens is 1. The molecule has 0 amide bonds. The van der Waals surface area contributed by atoms with E-state index in [-0.39, 0.29) is 0 Å². The topological polar surface area (TPSA) is 77.7 Å². The summed E-state index contributed by atoms with van der Waals surface area (Å²) in [6.07, 6.45) is 11.0. The molecular weight excluding hydrogens is 408 g/mol. The van der Waals surface area contributed by atoms with Gasteiger partial charge in [0.25, 0.3) is 0 Å². The van der Waals surface area contributed by atoms with Gasteiger partial charge in [0.2, 0.25) is 5.95 Å². The molecule has 31 heavy (non-hydrogen) atoms. The maximum atomic E-state index is 6.49. The first kappa shape index (κ1) is 20.7. The lowest BCUT2D eigenvalue weighted by atomic mass is 9.85. The van der Waals surface area contributed by atoms with Gasteiger partial charge in [-0.2, -0.15) is 0 Å². The molecule has 2 atom stereocenters. The number of rotatable bonds is 6. The van der Waals surface area contributed by atoms with Crippen molar-refractivity contribution < 1.29 is 0 Å². The quantitative estimate of drug-likeness (QED) is 0.452. The Balaban J connectivity index is 1.25. The highest BCUT2D eigenvalue weighted by atomic mass is 35.5. The molecule has 2 fully saturated rings. The van der Waals surface area contributed by atoms with E-state index in [1.165, 1.54) is 25.7 Å². The molecule has 2 aromatic heterocycles. The second-order valence-electron chi connectivity index (χ2n) is 8.94. The third-order valence-corrected chi connectivity index (χ3v) is 7.02. The predicted molar refractivity (Wildman–Crippen MR) is 128 cm³/mol. The van der Waals surface area contributed by atoms with Crippen LogP contribution in [0.15, 0.2) is 36.7 Å². The summed E-state index contributed by atoms with van der Waals surface area (Å²) in [4.78, 5) is 12.6. The summed E-state index contributed by atoms with van der Waals surface area (Å²) in [5, 5.41) is 12.5. The maximum Gasteiger partial charge on any atom is 0.223 e. The summed E-state index contributed by atoms with van der Waals surface area (Å²) in [5.41, 5.74) is 2.87. The van der Waals surface area contributed by atoms with Gasteiger partial charge in [-0.1, -0.05) is 36.2 Å². The van der Waals surface area contributed by atoms with E-state index in [4.69, 9.17) is 16.6 Å². The van der Waals surface area contributed by atoms with Crippen molar-refractivity contribution in [3.63, 3.8) is 0 Å². The first-order chi connectivity index (χ1) is 15.3. The number of aromatic amines is 1. The SMILES string of the molecule is Clc1cnc(N[C@@H]2CCC[C@H](CNC3CCNCC3)C2)nc1-c1c[nH]c2ccccc12. The van der Waals surface area contributed by atoms with Crippen molar-refractivity contribution in [2.45, 2.75) is 50.6 Å². The first-order valence-corrected chi connectivity index (χ1v) is 11.9. The monoisotopic (exact) mass is 438 g/mol. The van der Waals surface area contributed by atoms with Crippen LogP contribution in [-0.2, 0) is 0 Å². The fourth-order valence-electron chi connectivity index (χ4n) is 5.04. The van der Waals surface area contributed by atoms with E-state index in [1.807, 2.05) is 18.3 Å². The minimum Gasteiger partial charge on any atom is -0.360 e. The number of para-hydroxylation sites is 1. The maximum absolute atomic E-state index is 6.49. The molecule has 1 saturated heterocycles. The zero-order chi connectivity index (χ0) is 21.0. The van der Waals surface area contributed by atoms with E-state index in [0.717, 1.165) is 54.6 Å². The van der Waals surface area contributed by atoms with Crippen LogP contribution in [0.1, 0.15) is 38.5 Å². The molecule has 0 radical (unpaired) electrons. The summed E-state index contributed by atoms with van der Waals surface area (Å²) < 4.78 is 0. The summed E-state index contributed by atoms with van der Waals surface area (Å²) in [6.45, 7) is 3.39. The normalized spacial score (nSPS) is 22.6. The number of H-pyrrole nitrogens is 1. The molecule has 3 heterocycles. The van der Waals surface area contributed by atoms with Crippen LogP contribution >= 0.6 is 11.6 Å². The van der Waals surface area contributed by atoms with Gasteiger partial charge in [0.05, 0.1) is 16.9 Å². The highest BCUT2D eigenvalue weighted by Gasteiger charge is 2.24. The van der Waals surface area contributed by atoms with Gasteiger partial charge in [-0.25, -0.2) is 9.97 Å². The molecular formula is C24H31ClN6. The smallest absolute Gasteiger partial charge is 0.223 e. The molecule has 1 aliphatic heterocycles. The number of anilines is 1. The summed E-state index contributed by atoms with van der Waals surface area (Å²) in [5.74, 6) is 1.38. The number of fused-ring (bicyclic) bond motifs is 1. The third kappa shape index (κ3) is 4.86. The van der Waals surface area contributed by atoms with E-state index in [0.29, 0.717) is 29.0 Å².